The summed E-state index contributed by atoms with van der Waals surface area (Å²) in [5.74, 6) is 0.510. The molecule has 5 nitrogen and oxygen atoms in total. The molecule has 2 aliphatic rings. The Morgan fingerprint density at radius 2 is 1.97 bits per heavy atom. The number of nitrogens with one attached hydrogen (secondary N) is 2. The highest BCUT2D eigenvalue weighted by atomic mass is 35.5. The van der Waals surface area contributed by atoms with Gasteiger partial charge in [-0.2, -0.15) is 0 Å². The van der Waals surface area contributed by atoms with Gasteiger partial charge in [-0.05, 0) is 81.5 Å². The highest BCUT2D eigenvalue weighted by Gasteiger charge is 2.24. The van der Waals surface area contributed by atoms with E-state index in [1.165, 1.54) is 31.3 Å². The molecule has 0 unspecified atom stereocenters. The zero-order valence-corrected chi connectivity index (χ0v) is 17.8. The average molecular weight is 418 g/mol. The Bertz CT molecular complexity index is 717. The molecule has 0 bridgehead atoms. The summed E-state index contributed by atoms with van der Waals surface area (Å²) in [5, 5.41) is 6.63. The van der Waals surface area contributed by atoms with Crippen LogP contribution < -0.4 is 10.6 Å². The van der Waals surface area contributed by atoms with Crippen molar-refractivity contribution in [3.63, 3.8) is 0 Å². The number of piperidine rings is 1. The third-order valence-electron chi connectivity index (χ3n) is 5.83. The number of likely N-dealkylation sites (tertiary alicyclic amines) is 1. The highest BCUT2D eigenvalue weighted by molar-refractivity contribution is 6.30. The topological polar surface area (TPSA) is 61.4 Å². The number of nitrogens with zero attached hydrogens (tertiary/aromatic N) is 1. The van der Waals surface area contributed by atoms with Crippen molar-refractivity contribution in [1.82, 2.24) is 10.2 Å². The van der Waals surface area contributed by atoms with Crippen molar-refractivity contribution < 1.29 is 9.59 Å². The summed E-state index contributed by atoms with van der Waals surface area (Å²) in [7, 11) is 0. The zero-order valence-electron chi connectivity index (χ0n) is 17.1. The minimum absolute atomic E-state index is 0.0813. The predicted octanol–water partition coefficient (Wildman–Crippen LogP) is 5.37. The summed E-state index contributed by atoms with van der Waals surface area (Å²) in [5.41, 5.74) is 2.24. The van der Waals surface area contributed by atoms with E-state index in [0.29, 0.717) is 23.9 Å². The van der Waals surface area contributed by atoms with E-state index >= 15 is 0 Å². The molecule has 2 N–H and O–H groups in total. The van der Waals surface area contributed by atoms with Gasteiger partial charge in [0.2, 0.25) is 5.91 Å². The Hall–Kier alpha value is -2.01. The van der Waals surface area contributed by atoms with Crippen LogP contribution in [0.1, 0.15) is 57.8 Å². The third kappa shape index (κ3) is 7.39. The van der Waals surface area contributed by atoms with Crippen molar-refractivity contribution in [3.05, 3.63) is 40.9 Å². The third-order valence-corrected chi connectivity index (χ3v) is 6.09. The van der Waals surface area contributed by atoms with E-state index in [1.807, 2.05) is 4.90 Å². The van der Waals surface area contributed by atoms with Gasteiger partial charge in [-0.25, -0.2) is 4.79 Å². The lowest BCUT2D eigenvalue weighted by molar-refractivity contribution is -0.121. The Kier molecular flexibility index (Phi) is 8.41. The number of carbonyl (C=O) groups excluding carboxylic acids is 2. The summed E-state index contributed by atoms with van der Waals surface area (Å²) in [6, 6.07) is 7.05. The molecule has 0 saturated carbocycles. The first-order valence-electron chi connectivity index (χ1n) is 10.9. The second-order valence-electron chi connectivity index (χ2n) is 8.14. The number of benzene rings is 1. The van der Waals surface area contributed by atoms with Crippen molar-refractivity contribution in [2.45, 2.75) is 57.8 Å². The molecule has 29 heavy (non-hydrogen) atoms. The van der Waals surface area contributed by atoms with Gasteiger partial charge in [0.25, 0.3) is 0 Å². The van der Waals surface area contributed by atoms with Gasteiger partial charge in [0.05, 0.1) is 0 Å². The van der Waals surface area contributed by atoms with Crippen molar-refractivity contribution >= 4 is 29.2 Å². The maximum atomic E-state index is 12.5. The SMILES string of the molecule is O=C(CC[C@@H]1CCCN(C(=O)Nc2ccc(Cl)cc2)C1)NCCC1=CCCCC1. The zero-order chi connectivity index (χ0) is 20.5. The van der Waals surface area contributed by atoms with Gasteiger partial charge < -0.3 is 15.5 Å². The second-order valence-corrected chi connectivity index (χ2v) is 8.57. The van der Waals surface area contributed by atoms with E-state index in [1.54, 1.807) is 24.3 Å². The molecule has 1 aliphatic carbocycles. The van der Waals surface area contributed by atoms with Gasteiger partial charge in [0, 0.05) is 36.8 Å². The Morgan fingerprint density at radius 1 is 1.14 bits per heavy atom. The van der Waals surface area contributed by atoms with Crippen LogP contribution in [0.2, 0.25) is 5.02 Å². The van der Waals surface area contributed by atoms with Crippen LogP contribution in [-0.4, -0.2) is 36.5 Å². The number of allylic oxidation sites excluding steroid dienone is 1. The van der Waals surface area contributed by atoms with Crippen molar-refractivity contribution in [2.24, 2.45) is 5.92 Å². The lowest BCUT2D eigenvalue weighted by atomic mass is 9.93. The Morgan fingerprint density at radius 3 is 2.72 bits per heavy atom. The fourth-order valence-electron chi connectivity index (χ4n) is 4.14. The van der Waals surface area contributed by atoms with E-state index in [4.69, 9.17) is 11.6 Å². The second kappa shape index (κ2) is 11.2. The minimum Gasteiger partial charge on any atom is -0.356 e. The maximum Gasteiger partial charge on any atom is 0.321 e. The van der Waals surface area contributed by atoms with Crippen LogP contribution in [0.3, 0.4) is 0 Å². The lowest BCUT2D eigenvalue weighted by Crippen LogP contribution is -2.42. The molecule has 158 valence electrons. The molecule has 1 aliphatic heterocycles. The number of amides is 3. The molecule has 1 heterocycles. The first kappa shape index (κ1) is 21.7. The summed E-state index contributed by atoms with van der Waals surface area (Å²) in [6.45, 7) is 2.21. The summed E-state index contributed by atoms with van der Waals surface area (Å²) >= 11 is 5.89. The number of halogens is 1. The van der Waals surface area contributed by atoms with E-state index in [0.717, 1.165) is 44.5 Å². The number of hydrogen-bond donors (Lipinski definition) is 2. The van der Waals surface area contributed by atoms with Crippen molar-refractivity contribution in [1.29, 1.82) is 0 Å². The monoisotopic (exact) mass is 417 g/mol. The van der Waals surface area contributed by atoms with Crippen LogP contribution in [0, 0.1) is 5.92 Å². The van der Waals surface area contributed by atoms with E-state index in [-0.39, 0.29) is 11.9 Å². The van der Waals surface area contributed by atoms with Gasteiger partial charge in [-0.15, -0.1) is 0 Å². The Balaban J connectivity index is 1.35. The van der Waals surface area contributed by atoms with Crippen LogP contribution in [0.5, 0.6) is 0 Å². The molecule has 1 aromatic carbocycles. The predicted molar refractivity (Wildman–Crippen MR) is 118 cm³/mol. The quantitative estimate of drug-likeness (QED) is 0.585. The van der Waals surface area contributed by atoms with Gasteiger partial charge in [0.1, 0.15) is 0 Å². The smallest absolute Gasteiger partial charge is 0.321 e. The number of anilines is 1. The fraction of sp³-hybridized carbons (Fsp3) is 0.565. The molecule has 1 saturated heterocycles. The molecular formula is C23H32ClN3O2. The average Bonchev–Trinajstić information content (AvgIpc) is 2.75. The molecule has 1 fully saturated rings. The van der Waals surface area contributed by atoms with Gasteiger partial charge in [-0.1, -0.05) is 23.3 Å². The first-order valence-corrected chi connectivity index (χ1v) is 11.2. The van der Waals surface area contributed by atoms with Gasteiger partial charge in [0.15, 0.2) is 0 Å². The summed E-state index contributed by atoms with van der Waals surface area (Å²) < 4.78 is 0. The molecular weight excluding hydrogens is 386 g/mol. The van der Waals surface area contributed by atoms with Crippen molar-refractivity contribution in [3.8, 4) is 0 Å². The van der Waals surface area contributed by atoms with Crippen LogP contribution >= 0.6 is 11.6 Å². The fourth-order valence-corrected chi connectivity index (χ4v) is 4.26. The first-order chi connectivity index (χ1) is 14.1. The van der Waals surface area contributed by atoms with Crippen LogP contribution in [-0.2, 0) is 4.79 Å². The lowest BCUT2D eigenvalue weighted by Gasteiger charge is -2.32. The van der Waals surface area contributed by atoms with E-state index in [2.05, 4.69) is 16.7 Å². The molecule has 3 rings (SSSR count). The normalized spacial score (nSPS) is 19.4. The summed E-state index contributed by atoms with van der Waals surface area (Å²) in [6.07, 6.45) is 11.7. The number of hydrogen-bond acceptors (Lipinski definition) is 2. The number of carbonyl (C=O) groups is 2. The van der Waals surface area contributed by atoms with Gasteiger partial charge >= 0.3 is 6.03 Å². The minimum atomic E-state index is -0.0813. The largest absolute Gasteiger partial charge is 0.356 e. The molecule has 0 aromatic heterocycles. The maximum absolute atomic E-state index is 12.5. The van der Waals surface area contributed by atoms with Crippen LogP contribution in [0.4, 0.5) is 10.5 Å². The Labute approximate surface area is 178 Å². The van der Waals surface area contributed by atoms with Crippen LogP contribution in [0.25, 0.3) is 0 Å². The number of urea groups is 1. The summed E-state index contributed by atoms with van der Waals surface area (Å²) in [4.78, 5) is 26.6. The van der Waals surface area contributed by atoms with E-state index < -0.39 is 0 Å². The molecule has 0 spiro atoms. The van der Waals surface area contributed by atoms with E-state index in [9.17, 15) is 9.59 Å². The standard InChI is InChI=1S/C23H32ClN3O2/c24-20-9-11-21(12-10-20)26-23(29)27-16-4-7-19(17-27)8-13-22(28)25-15-14-18-5-2-1-3-6-18/h5,9-12,19H,1-4,6-8,13-17H2,(H,25,28)(H,26,29)/t19-/m0/s1. The molecule has 1 atom stereocenters. The van der Waals surface area contributed by atoms with Crippen molar-refractivity contribution in [2.75, 3.05) is 25.0 Å². The van der Waals surface area contributed by atoms with Crippen LogP contribution in [0.15, 0.2) is 35.9 Å². The molecule has 1 aromatic rings. The number of rotatable bonds is 7. The highest BCUT2D eigenvalue weighted by Crippen LogP contribution is 2.23. The molecule has 6 heteroatoms. The molecule has 0 radical (unpaired) electrons. The van der Waals surface area contributed by atoms with Gasteiger partial charge in [-0.3, -0.25) is 4.79 Å². The molecule has 3 amide bonds.